The number of nitrogens with zero attached hydrogens (tertiary/aromatic N) is 1. The number of fused-ring (bicyclic) bond motifs is 1. The van der Waals surface area contributed by atoms with Gasteiger partial charge in [0.05, 0.1) is 18.6 Å². The summed E-state index contributed by atoms with van der Waals surface area (Å²) in [4.78, 5) is 15.0. The highest BCUT2D eigenvalue weighted by atomic mass is 16.6. The zero-order chi connectivity index (χ0) is 20.9. The van der Waals surface area contributed by atoms with Crippen molar-refractivity contribution >= 4 is 5.91 Å². The maximum absolute atomic E-state index is 12.5. The van der Waals surface area contributed by atoms with E-state index in [2.05, 4.69) is 42.3 Å². The summed E-state index contributed by atoms with van der Waals surface area (Å²) in [5.74, 6) is 1.45. The highest BCUT2D eigenvalue weighted by molar-refractivity contribution is 5.78. The molecule has 2 aliphatic rings. The molecule has 2 aromatic carbocycles. The first-order valence-corrected chi connectivity index (χ1v) is 10.7. The summed E-state index contributed by atoms with van der Waals surface area (Å²) >= 11 is 0. The molecule has 0 aromatic heterocycles. The van der Waals surface area contributed by atoms with Crippen LogP contribution in [0.4, 0.5) is 0 Å². The number of nitrogens with one attached hydrogen (secondary N) is 1. The molecule has 4 rings (SSSR count). The Morgan fingerprint density at radius 2 is 1.70 bits per heavy atom. The van der Waals surface area contributed by atoms with E-state index in [0.29, 0.717) is 31.9 Å². The molecule has 6 nitrogen and oxygen atoms in total. The van der Waals surface area contributed by atoms with Crippen molar-refractivity contribution < 1.29 is 19.0 Å². The van der Waals surface area contributed by atoms with E-state index in [1.807, 2.05) is 24.3 Å². The summed E-state index contributed by atoms with van der Waals surface area (Å²) in [5.41, 5.74) is 3.32. The molecule has 2 heterocycles. The number of morpholine rings is 1. The van der Waals surface area contributed by atoms with Crippen LogP contribution in [0.5, 0.6) is 11.5 Å². The van der Waals surface area contributed by atoms with Gasteiger partial charge in [0.15, 0.2) is 11.5 Å². The van der Waals surface area contributed by atoms with Crippen LogP contribution >= 0.6 is 0 Å². The predicted molar refractivity (Wildman–Crippen MR) is 115 cm³/mol. The van der Waals surface area contributed by atoms with Gasteiger partial charge in [-0.05, 0) is 42.7 Å². The molecule has 2 atom stereocenters. The van der Waals surface area contributed by atoms with E-state index in [0.717, 1.165) is 36.5 Å². The summed E-state index contributed by atoms with van der Waals surface area (Å²) in [7, 11) is 0. The topological polar surface area (TPSA) is 60.0 Å². The Morgan fingerprint density at radius 1 is 1.00 bits per heavy atom. The van der Waals surface area contributed by atoms with Gasteiger partial charge >= 0.3 is 0 Å². The summed E-state index contributed by atoms with van der Waals surface area (Å²) in [6, 6.07) is 14.0. The van der Waals surface area contributed by atoms with Gasteiger partial charge in [-0.1, -0.05) is 30.3 Å². The highest BCUT2D eigenvalue weighted by Gasteiger charge is 2.22. The molecule has 6 heteroatoms. The van der Waals surface area contributed by atoms with Crippen molar-refractivity contribution in [3.05, 3.63) is 59.2 Å². The Labute approximate surface area is 178 Å². The van der Waals surface area contributed by atoms with Crippen LogP contribution in [0.15, 0.2) is 42.5 Å². The van der Waals surface area contributed by atoms with Crippen molar-refractivity contribution in [2.24, 2.45) is 0 Å². The van der Waals surface area contributed by atoms with Gasteiger partial charge in [-0.3, -0.25) is 9.69 Å². The fourth-order valence-corrected chi connectivity index (χ4v) is 4.18. The summed E-state index contributed by atoms with van der Waals surface area (Å²) in [5, 5.41) is 3.07. The van der Waals surface area contributed by atoms with Crippen LogP contribution in [0, 0.1) is 0 Å². The van der Waals surface area contributed by atoms with Gasteiger partial charge < -0.3 is 19.5 Å². The smallest absolute Gasteiger partial charge is 0.224 e. The third-order valence-corrected chi connectivity index (χ3v) is 5.45. The van der Waals surface area contributed by atoms with Gasteiger partial charge in [-0.2, -0.15) is 0 Å². The second-order valence-corrected chi connectivity index (χ2v) is 8.15. The van der Waals surface area contributed by atoms with Crippen LogP contribution in [0.25, 0.3) is 0 Å². The fourth-order valence-electron chi connectivity index (χ4n) is 4.18. The van der Waals surface area contributed by atoms with E-state index < -0.39 is 0 Å². The fraction of sp³-hybridized carbons (Fsp3) is 0.458. The van der Waals surface area contributed by atoms with Crippen LogP contribution in [0.3, 0.4) is 0 Å². The Hall–Kier alpha value is -2.57. The molecule has 2 unspecified atom stereocenters. The van der Waals surface area contributed by atoms with Crippen LogP contribution in [0.2, 0.25) is 0 Å². The number of carbonyl (C=O) groups excluding carboxylic acids is 1. The monoisotopic (exact) mass is 410 g/mol. The lowest BCUT2D eigenvalue weighted by atomic mass is 10.1. The van der Waals surface area contributed by atoms with Crippen LogP contribution in [-0.4, -0.2) is 49.3 Å². The van der Waals surface area contributed by atoms with Gasteiger partial charge in [-0.15, -0.1) is 0 Å². The molecule has 1 saturated heterocycles. The third-order valence-electron chi connectivity index (χ3n) is 5.45. The van der Waals surface area contributed by atoms with Crippen molar-refractivity contribution in [1.29, 1.82) is 0 Å². The number of benzene rings is 2. The SMILES string of the molecule is CC1CN(Cc2ccccc2CNC(=O)Cc2ccc3c(c2)OCCO3)CC(C)O1. The van der Waals surface area contributed by atoms with Crippen molar-refractivity contribution in [3.63, 3.8) is 0 Å². The van der Waals surface area contributed by atoms with E-state index in [4.69, 9.17) is 14.2 Å². The van der Waals surface area contributed by atoms with E-state index in [1.54, 1.807) is 0 Å². The normalized spacial score (nSPS) is 21.3. The molecule has 0 radical (unpaired) electrons. The second-order valence-electron chi connectivity index (χ2n) is 8.15. The standard InChI is InChI=1S/C24H30N2O4/c1-17-14-26(15-18(2)30-17)16-21-6-4-3-5-20(21)13-25-24(27)12-19-7-8-22-23(11-19)29-10-9-28-22/h3-8,11,17-18H,9-10,12-16H2,1-2H3,(H,25,27). The molecule has 2 aromatic rings. The van der Waals surface area contributed by atoms with E-state index in [1.165, 1.54) is 5.56 Å². The van der Waals surface area contributed by atoms with Crippen LogP contribution < -0.4 is 14.8 Å². The lowest BCUT2D eigenvalue weighted by Gasteiger charge is -2.35. The molecule has 1 amide bonds. The molecule has 0 aliphatic carbocycles. The molecule has 0 spiro atoms. The number of hydrogen-bond donors (Lipinski definition) is 1. The van der Waals surface area contributed by atoms with Gasteiger partial charge in [0, 0.05) is 26.2 Å². The predicted octanol–water partition coefficient (Wildman–Crippen LogP) is 2.93. The molecule has 30 heavy (non-hydrogen) atoms. The minimum atomic E-state index is -0.00454. The molecule has 160 valence electrons. The second kappa shape index (κ2) is 9.49. The maximum Gasteiger partial charge on any atom is 0.224 e. The van der Waals surface area contributed by atoms with Crippen molar-refractivity contribution in [2.45, 2.75) is 45.6 Å². The number of amides is 1. The molecular formula is C24H30N2O4. The van der Waals surface area contributed by atoms with Crippen molar-refractivity contribution in [3.8, 4) is 11.5 Å². The average Bonchev–Trinajstić information content (AvgIpc) is 2.72. The first-order valence-electron chi connectivity index (χ1n) is 10.7. The number of hydrogen-bond acceptors (Lipinski definition) is 5. The largest absolute Gasteiger partial charge is 0.486 e. The Balaban J connectivity index is 1.34. The molecule has 0 saturated carbocycles. The minimum absolute atomic E-state index is 0.00454. The quantitative estimate of drug-likeness (QED) is 0.794. The van der Waals surface area contributed by atoms with Crippen LogP contribution in [0.1, 0.15) is 30.5 Å². The first kappa shape index (κ1) is 20.7. The molecule has 2 aliphatic heterocycles. The molecule has 0 bridgehead atoms. The Morgan fingerprint density at radius 3 is 2.47 bits per heavy atom. The lowest BCUT2D eigenvalue weighted by molar-refractivity contribution is -0.120. The highest BCUT2D eigenvalue weighted by Crippen LogP contribution is 2.30. The molecular weight excluding hydrogens is 380 g/mol. The van der Waals surface area contributed by atoms with Crippen molar-refractivity contribution in [2.75, 3.05) is 26.3 Å². The minimum Gasteiger partial charge on any atom is -0.486 e. The summed E-state index contributed by atoms with van der Waals surface area (Å²) < 4.78 is 17.0. The zero-order valence-electron chi connectivity index (χ0n) is 17.7. The number of rotatable bonds is 6. The van der Waals surface area contributed by atoms with Crippen LogP contribution in [-0.2, 0) is 29.0 Å². The van der Waals surface area contributed by atoms with Gasteiger partial charge in [0.2, 0.25) is 5.91 Å². The zero-order valence-corrected chi connectivity index (χ0v) is 17.7. The van der Waals surface area contributed by atoms with E-state index >= 15 is 0 Å². The summed E-state index contributed by atoms with van der Waals surface area (Å²) in [6.45, 7) is 8.58. The van der Waals surface area contributed by atoms with Gasteiger partial charge in [-0.25, -0.2) is 0 Å². The summed E-state index contributed by atoms with van der Waals surface area (Å²) in [6.07, 6.45) is 0.801. The molecule has 1 N–H and O–H groups in total. The maximum atomic E-state index is 12.5. The van der Waals surface area contributed by atoms with Crippen molar-refractivity contribution in [1.82, 2.24) is 10.2 Å². The Kier molecular flexibility index (Phi) is 6.55. The van der Waals surface area contributed by atoms with E-state index in [-0.39, 0.29) is 18.1 Å². The Bertz CT molecular complexity index is 875. The lowest BCUT2D eigenvalue weighted by Crippen LogP contribution is -2.45. The first-order chi connectivity index (χ1) is 14.6. The van der Waals surface area contributed by atoms with Gasteiger partial charge in [0.1, 0.15) is 13.2 Å². The number of ether oxygens (including phenoxy) is 3. The van der Waals surface area contributed by atoms with E-state index in [9.17, 15) is 4.79 Å². The average molecular weight is 411 g/mol. The van der Waals surface area contributed by atoms with Gasteiger partial charge in [0.25, 0.3) is 0 Å². The third kappa shape index (κ3) is 5.32. The molecule has 1 fully saturated rings. The number of carbonyl (C=O) groups is 1.